The smallest absolute Gasteiger partial charge is 0.244 e. The third-order valence-electron chi connectivity index (χ3n) is 4.33. The minimum Gasteiger partial charge on any atom is -0.481 e. The minimum absolute atomic E-state index is 0.00766. The van der Waals surface area contributed by atoms with E-state index in [2.05, 4.69) is 20.9 Å². The second kappa shape index (κ2) is 9.83. The van der Waals surface area contributed by atoms with E-state index in [-0.39, 0.29) is 23.2 Å². The Labute approximate surface area is 188 Å². The standard InChI is InChI=1S/C23H26FN3O4S/c1-7-16-12-15(13-18(24)21(16)27-32(6,29)30)14-25-20(28)11-9-17-8-10-19(23(2,3)4)26-22(17)31-5/h1,8-13,27H,14H2,2-6H3,(H,25,28)/b11-9+. The molecule has 9 heteroatoms. The molecule has 0 spiro atoms. The molecule has 1 aromatic carbocycles. The Hall–Kier alpha value is -3.38. The average molecular weight is 460 g/mol. The summed E-state index contributed by atoms with van der Waals surface area (Å²) in [6, 6.07) is 6.23. The van der Waals surface area contributed by atoms with Crippen LogP contribution in [0.25, 0.3) is 6.08 Å². The van der Waals surface area contributed by atoms with E-state index < -0.39 is 21.7 Å². The van der Waals surface area contributed by atoms with Crippen molar-refractivity contribution in [3.05, 3.63) is 58.5 Å². The van der Waals surface area contributed by atoms with Gasteiger partial charge in [-0.2, -0.15) is 0 Å². The molecule has 0 unspecified atom stereocenters. The molecule has 2 rings (SSSR count). The summed E-state index contributed by atoms with van der Waals surface area (Å²) in [6.07, 6.45) is 9.15. The van der Waals surface area contributed by atoms with Crippen molar-refractivity contribution in [1.82, 2.24) is 10.3 Å². The zero-order chi connectivity index (χ0) is 24.1. The molecule has 0 saturated heterocycles. The van der Waals surface area contributed by atoms with Crippen LogP contribution < -0.4 is 14.8 Å². The molecule has 1 amide bonds. The van der Waals surface area contributed by atoms with Gasteiger partial charge >= 0.3 is 0 Å². The predicted molar refractivity (Wildman–Crippen MR) is 123 cm³/mol. The Morgan fingerprint density at radius 3 is 2.56 bits per heavy atom. The van der Waals surface area contributed by atoms with Crippen molar-refractivity contribution < 1.29 is 22.3 Å². The van der Waals surface area contributed by atoms with Crippen molar-refractivity contribution in [2.24, 2.45) is 0 Å². The topological polar surface area (TPSA) is 97.4 Å². The number of ether oxygens (including phenoxy) is 1. The third-order valence-corrected chi connectivity index (χ3v) is 4.90. The largest absolute Gasteiger partial charge is 0.481 e. The molecule has 7 nitrogen and oxygen atoms in total. The lowest BCUT2D eigenvalue weighted by atomic mass is 9.91. The zero-order valence-electron chi connectivity index (χ0n) is 18.6. The first-order chi connectivity index (χ1) is 14.8. The number of terminal acetylenes is 1. The number of hydrogen-bond donors (Lipinski definition) is 2. The summed E-state index contributed by atoms with van der Waals surface area (Å²) in [7, 11) is -2.20. The van der Waals surface area contributed by atoms with E-state index in [0.29, 0.717) is 17.0 Å². The number of aromatic nitrogens is 1. The van der Waals surface area contributed by atoms with E-state index in [9.17, 15) is 17.6 Å². The number of nitrogens with zero attached hydrogens (tertiary/aromatic N) is 1. The summed E-state index contributed by atoms with van der Waals surface area (Å²) in [5.74, 6) is 1.39. The first kappa shape index (κ1) is 24.9. The Bertz CT molecular complexity index is 1190. The van der Waals surface area contributed by atoms with E-state index in [1.165, 1.54) is 19.3 Å². The fourth-order valence-electron chi connectivity index (χ4n) is 2.74. The maximum atomic E-state index is 14.4. The van der Waals surface area contributed by atoms with Crippen LogP contribution in [0.2, 0.25) is 0 Å². The number of nitrogens with one attached hydrogen (secondary N) is 2. The molecule has 0 bridgehead atoms. The summed E-state index contributed by atoms with van der Waals surface area (Å²) in [6.45, 7) is 6.11. The number of carbonyl (C=O) groups excluding carboxylic acids is 1. The van der Waals surface area contributed by atoms with Crippen LogP contribution in [0.3, 0.4) is 0 Å². The second-order valence-corrected chi connectivity index (χ2v) is 9.86. The highest BCUT2D eigenvalue weighted by Crippen LogP contribution is 2.26. The lowest BCUT2D eigenvalue weighted by Gasteiger charge is -2.18. The molecule has 1 heterocycles. The van der Waals surface area contributed by atoms with Gasteiger partial charge < -0.3 is 10.1 Å². The molecule has 1 aromatic heterocycles. The van der Waals surface area contributed by atoms with Gasteiger partial charge in [-0.05, 0) is 35.9 Å². The first-order valence-corrected chi connectivity index (χ1v) is 11.5. The van der Waals surface area contributed by atoms with Gasteiger partial charge in [-0.1, -0.05) is 26.7 Å². The van der Waals surface area contributed by atoms with Crippen LogP contribution in [0.5, 0.6) is 5.88 Å². The number of benzene rings is 1. The van der Waals surface area contributed by atoms with Gasteiger partial charge in [0.05, 0.1) is 24.6 Å². The molecule has 0 aliphatic heterocycles. The van der Waals surface area contributed by atoms with E-state index in [1.54, 1.807) is 6.08 Å². The maximum Gasteiger partial charge on any atom is 0.244 e. The van der Waals surface area contributed by atoms with Crippen molar-refractivity contribution in [3.63, 3.8) is 0 Å². The Morgan fingerprint density at radius 2 is 2.00 bits per heavy atom. The lowest BCUT2D eigenvalue weighted by molar-refractivity contribution is -0.116. The van der Waals surface area contributed by atoms with E-state index >= 15 is 0 Å². The van der Waals surface area contributed by atoms with Gasteiger partial charge in [-0.3, -0.25) is 9.52 Å². The molecule has 2 N–H and O–H groups in total. The summed E-state index contributed by atoms with van der Waals surface area (Å²) < 4.78 is 44.5. The highest BCUT2D eigenvalue weighted by Gasteiger charge is 2.17. The summed E-state index contributed by atoms with van der Waals surface area (Å²) in [4.78, 5) is 16.7. The van der Waals surface area contributed by atoms with Crippen molar-refractivity contribution in [2.45, 2.75) is 32.7 Å². The maximum absolute atomic E-state index is 14.4. The van der Waals surface area contributed by atoms with Crippen molar-refractivity contribution in [3.8, 4) is 18.2 Å². The molecule has 0 saturated carbocycles. The van der Waals surface area contributed by atoms with Gasteiger partial charge in [0.15, 0.2) is 0 Å². The number of hydrogen-bond acceptors (Lipinski definition) is 5. The van der Waals surface area contributed by atoms with Gasteiger partial charge in [0, 0.05) is 29.3 Å². The van der Waals surface area contributed by atoms with Crippen molar-refractivity contribution >= 4 is 27.7 Å². The number of carbonyl (C=O) groups is 1. The van der Waals surface area contributed by atoms with Gasteiger partial charge in [0.1, 0.15) is 5.82 Å². The lowest BCUT2D eigenvalue weighted by Crippen LogP contribution is -2.21. The molecule has 0 fully saturated rings. The van der Waals surface area contributed by atoms with Gasteiger partial charge in [0.25, 0.3) is 0 Å². The number of amides is 1. The molecule has 0 aliphatic rings. The second-order valence-electron chi connectivity index (χ2n) is 8.11. The van der Waals surface area contributed by atoms with Crippen LogP contribution in [0.15, 0.2) is 30.3 Å². The molecule has 170 valence electrons. The van der Waals surface area contributed by atoms with Crippen LogP contribution in [0, 0.1) is 18.2 Å². The van der Waals surface area contributed by atoms with Gasteiger partial charge in [0.2, 0.25) is 21.8 Å². The number of methoxy groups -OCH3 is 1. The average Bonchev–Trinajstić information content (AvgIpc) is 2.70. The zero-order valence-corrected chi connectivity index (χ0v) is 19.4. The molecular weight excluding hydrogens is 433 g/mol. The van der Waals surface area contributed by atoms with Crippen molar-refractivity contribution in [2.75, 3.05) is 18.1 Å². The Morgan fingerprint density at radius 1 is 1.31 bits per heavy atom. The quantitative estimate of drug-likeness (QED) is 0.490. The molecule has 2 aromatic rings. The summed E-state index contributed by atoms with van der Waals surface area (Å²) >= 11 is 0. The number of halogens is 1. The number of sulfonamides is 1. The van der Waals surface area contributed by atoms with Crippen molar-refractivity contribution in [1.29, 1.82) is 0 Å². The fraction of sp³-hybridized carbons (Fsp3) is 0.304. The highest BCUT2D eigenvalue weighted by molar-refractivity contribution is 7.92. The SMILES string of the molecule is C#Cc1cc(CNC(=O)/C=C/c2ccc(C(C)(C)C)nc2OC)cc(F)c1NS(C)(=O)=O. The van der Waals surface area contributed by atoms with Crippen LogP contribution in [0.4, 0.5) is 10.1 Å². The predicted octanol–water partition coefficient (Wildman–Crippen LogP) is 3.21. The minimum atomic E-state index is -3.70. The normalized spacial score (nSPS) is 11.8. The number of pyridine rings is 1. The Balaban J connectivity index is 2.13. The number of rotatable bonds is 7. The molecule has 0 radical (unpaired) electrons. The van der Waals surface area contributed by atoms with E-state index in [1.807, 2.05) is 32.9 Å². The van der Waals surface area contributed by atoms with Crippen LogP contribution in [0.1, 0.15) is 43.2 Å². The number of anilines is 1. The highest BCUT2D eigenvalue weighted by atomic mass is 32.2. The molecule has 32 heavy (non-hydrogen) atoms. The van der Waals surface area contributed by atoms with Gasteiger partial charge in [-0.25, -0.2) is 17.8 Å². The summed E-state index contributed by atoms with van der Waals surface area (Å²) in [5, 5.41) is 2.63. The molecular formula is C23H26FN3O4S. The van der Waals surface area contributed by atoms with Crippen LogP contribution >= 0.6 is 0 Å². The summed E-state index contributed by atoms with van der Waals surface area (Å²) in [5.41, 5.74) is 1.45. The Kier molecular flexibility index (Phi) is 7.65. The van der Waals surface area contributed by atoms with Crippen LogP contribution in [-0.2, 0) is 26.8 Å². The fourth-order valence-corrected chi connectivity index (χ4v) is 3.32. The van der Waals surface area contributed by atoms with E-state index in [4.69, 9.17) is 11.2 Å². The monoisotopic (exact) mass is 459 g/mol. The van der Waals surface area contributed by atoms with E-state index in [0.717, 1.165) is 18.0 Å². The molecule has 0 atom stereocenters. The molecule has 0 aliphatic carbocycles. The van der Waals surface area contributed by atoms with Crippen LogP contribution in [-0.4, -0.2) is 32.7 Å². The first-order valence-electron chi connectivity index (χ1n) is 9.62. The third kappa shape index (κ3) is 6.82. The van der Waals surface area contributed by atoms with Gasteiger partial charge in [-0.15, -0.1) is 6.42 Å².